The largest absolute Gasteiger partial charge is 0.310 e. The van der Waals surface area contributed by atoms with Crippen LogP contribution in [0, 0.1) is 0 Å². The van der Waals surface area contributed by atoms with Gasteiger partial charge in [0, 0.05) is 38.7 Å². The lowest BCUT2D eigenvalue weighted by molar-refractivity contribution is 0.587. The van der Waals surface area contributed by atoms with Gasteiger partial charge in [-0.15, -0.1) is 0 Å². The lowest BCUT2D eigenvalue weighted by atomic mass is 9.71. The van der Waals surface area contributed by atoms with Gasteiger partial charge in [0.1, 0.15) is 0 Å². The van der Waals surface area contributed by atoms with Gasteiger partial charge >= 0.3 is 0 Å². The maximum Gasteiger partial charge on any atom is 0.0556 e. The number of para-hydroxylation sites is 2. The molecule has 320 valence electrons. The van der Waals surface area contributed by atoms with E-state index in [2.05, 4.69) is 258 Å². The highest BCUT2D eigenvalue weighted by atomic mass is 15.2. The zero-order valence-corrected chi connectivity index (χ0v) is 38.9. The SMILES string of the molecule is CC(C)(C)c1c2c(c(N(c3ccc(-c4ccc(-c5ccccc5)cc4)cc3)c3ccc4c(c3)c3ccccc3n4-c3ccccc3)c3c1-c1ccccc1C3(C)C)C(C)(C)c1ccccc1-2. The Morgan fingerprint density at radius 3 is 1.41 bits per heavy atom. The Morgan fingerprint density at radius 2 is 0.848 bits per heavy atom. The van der Waals surface area contributed by atoms with Gasteiger partial charge in [-0.2, -0.15) is 0 Å². The summed E-state index contributed by atoms with van der Waals surface area (Å²) in [6.45, 7) is 17.1. The van der Waals surface area contributed by atoms with E-state index in [9.17, 15) is 0 Å². The van der Waals surface area contributed by atoms with E-state index in [-0.39, 0.29) is 16.2 Å². The molecule has 0 amide bonds. The van der Waals surface area contributed by atoms with E-state index in [4.69, 9.17) is 0 Å². The van der Waals surface area contributed by atoms with E-state index in [1.807, 2.05) is 0 Å². The minimum Gasteiger partial charge on any atom is -0.310 e. The summed E-state index contributed by atoms with van der Waals surface area (Å²) in [6.07, 6.45) is 0. The van der Waals surface area contributed by atoms with E-state index >= 15 is 0 Å². The number of anilines is 3. The highest BCUT2D eigenvalue weighted by molar-refractivity contribution is 6.11. The Bertz CT molecular complexity index is 3440. The van der Waals surface area contributed by atoms with Crippen LogP contribution >= 0.6 is 0 Å². The molecule has 0 bridgehead atoms. The molecule has 9 aromatic carbocycles. The van der Waals surface area contributed by atoms with Gasteiger partial charge in [-0.1, -0.05) is 200 Å². The Balaban J connectivity index is 1.17. The summed E-state index contributed by atoms with van der Waals surface area (Å²) in [5, 5.41) is 2.48. The maximum atomic E-state index is 2.64. The minimum atomic E-state index is -0.298. The second-order valence-electron chi connectivity index (χ2n) is 20.5. The molecule has 66 heavy (non-hydrogen) atoms. The zero-order valence-electron chi connectivity index (χ0n) is 38.9. The molecule has 10 aromatic rings. The van der Waals surface area contributed by atoms with Crippen LogP contribution < -0.4 is 4.90 Å². The Morgan fingerprint density at radius 1 is 0.409 bits per heavy atom. The van der Waals surface area contributed by atoms with Crippen molar-refractivity contribution in [3.05, 3.63) is 228 Å². The molecule has 0 aliphatic heterocycles. The van der Waals surface area contributed by atoms with Gasteiger partial charge in [0.05, 0.1) is 16.7 Å². The van der Waals surface area contributed by atoms with Crippen LogP contribution in [0.15, 0.2) is 200 Å². The average Bonchev–Trinajstić information content (AvgIpc) is 3.89. The molecule has 0 fully saturated rings. The normalized spacial score (nSPS) is 14.2. The first kappa shape index (κ1) is 40.1. The van der Waals surface area contributed by atoms with Crippen molar-refractivity contribution in [1.82, 2.24) is 4.57 Å². The number of nitrogens with zero attached hydrogens (tertiary/aromatic N) is 2. The van der Waals surface area contributed by atoms with Crippen LogP contribution in [-0.4, -0.2) is 4.57 Å². The molecule has 2 nitrogen and oxygen atoms in total. The third-order valence-corrected chi connectivity index (χ3v) is 14.8. The third-order valence-electron chi connectivity index (χ3n) is 14.8. The first-order chi connectivity index (χ1) is 31.9. The molecule has 2 aliphatic carbocycles. The van der Waals surface area contributed by atoms with Crippen molar-refractivity contribution in [3.8, 4) is 50.2 Å². The van der Waals surface area contributed by atoms with E-state index in [1.54, 1.807) is 0 Å². The summed E-state index contributed by atoms with van der Waals surface area (Å²) in [6, 6.07) is 74.3. The fourth-order valence-electron chi connectivity index (χ4n) is 11.9. The summed E-state index contributed by atoms with van der Waals surface area (Å²) in [4.78, 5) is 2.64. The highest BCUT2D eigenvalue weighted by Crippen LogP contribution is 2.65. The standard InChI is InChI=1S/C64H54N2/c1-62(2,3)58-56-49-25-14-17-27-52(49)63(4,5)59(56)61(60-57(58)50-26-15-18-28-53(50)64(60,6)7)65(46-36-34-44(35-37-46)43-32-30-42(31-33-43)41-20-10-8-11-21-41)47-38-39-55-51(40-47)48-24-16-19-29-54(48)66(55)45-22-12-9-13-23-45/h8-40H,1-7H3. The number of rotatable bonds is 6. The van der Waals surface area contributed by atoms with Crippen LogP contribution in [-0.2, 0) is 16.2 Å². The van der Waals surface area contributed by atoms with Crippen molar-refractivity contribution in [2.75, 3.05) is 4.90 Å². The maximum absolute atomic E-state index is 2.64. The van der Waals surface area contributed by atoms with Crippen LogP contribution in [0.3, 0.4) is 0 Å². The molecule has 2 aliphatic rings. The van der Waals surface area contributed by atoms with E-state index in [0.29, 0.717) is 0 Å². The van der Waals surface area contributed by atoms with E-state index in [1.165, 1.54) is 99.8 Å². The first-order valence-electron chi connectivity index (χ1n) is 23.5. The van der Waals surface area contributed by atoms with Crippen molar-refractivity contribution >= 4 is 38.9 Å². The summed E-state index contributed by atoms with van der Waals surface area (Å²) in [5.41, 5.74) is 23.8. The predicted molar refractivity (Wildman–Crippen MR) is 280 cm³/mol. The summed E-state index contributed by atoms with van der Waals surface area (Å²) >= 11 is 0. The van der Waals surface area contributed by atoms with Crippen LogP contribution in [0.5, 0.6) is 0 Å². The number of fused-ring (bicyclic) bond motifs is 9. The lowest BCUT2D eigenvalue weighted by Crippen LogP contribution is -2.27. The lowest BCUT2D eigenvalue weighted by Gasteiger charge is -2.39. The van der Waals surface area contributed by atoms with E-state index in [0.717, 1.165) is 17.1 Å². The fraction of sp³-hybridized carbons (Fsp3) is 0.156. The van der Waals surface area contributed by atoms with Crippen LogP contribution in [0.4, 0.5) is 17.1 Å². The van der Waals surface area contributed by atoms with Crippen molar-refractivity contribution in [1.29, 1.82) is 0 Å². The molecule has 12 rings (SSSR count). The summed E-state index contributed by atoms with van der Waals surface area (Å²) < 4.78 is 2.42. The van der Waals surface area contributed by atoms with Crippen LogP contribution in [0.1, 0.15) is 76.3 Å². The average molecular weight is 851 g/mol. The predicted octanol–water partition coefficient (Wildman–Crippen LogP) is 17.5. The molecule has 0 radical (unpaired) electrons. The van der Waals surface area contributed by atoms with Crippen molar-refractivity contribution in [2.45, 2.75) is 64.7 Å². The molecule has 0 unspecified atom stereocenters. The Labute approximate surface area is 389 Å². The van der Waals surface area contributed by atoms with Crippen LogP contribution in [0.25, 0.3) is 72.0 Å². The summed E-state index contributed by atoms with van der Waals surface area (Å²) in [7, 11) is 0. The Hall–Kier alpha value is -7.42. The quantitative estimate of drug-likeness (QED) is 0.162. The van der Waals surface area contributed by atoms with Crippen molar-refractivity contribution < 1.29 is 0 Å². The molecule has 1 heterocycles. The summed E-state index contributed by atoms with van der Waals surface area (Å²) in [5.74, 6) is 0. The first-order valence-corrected chi connectivity index (χ1v) is 23.5. The third kappa shape index (κ3) is 5.87. The molecule has 2 heteroatoms. The topological polar surface area (TPSA) is 8.17 Å². The van der Waals surface area contributed by atoms with Crippen LogP contribution in [0.2, 0.25) is 0 Å². The van der Waals surface area contributed by atoms with Gasteiger partial charge in [0.25, 0.3) is 0 Å². The second-order valence-corrected chi connectivity index (χ2v) is 20.5. The van der Waals surface area contributed by atoms with Gasteiger partial charge in [0.15, 0.2) is 0 Å². The van der Waals surface area contributed by atoms with Gasteiger partial charge in [-0.25, -0.2) is 0 Å². The number of benzene rings is 9. The van der Waals surface area contributed by atoms with Gasteiger partial charge in [-0.05, 0) is 126 Å². The number of aromatic nitrogens is 1. The van der Waals surface area contributed by atoms with E-state index < -0.39 is 0 Å². The monoisotopic (exact) mass is 850 g/mol. The van der Waals surface area contributed by atoms with Crippen molar-refractivity contribution in [2.24, 2.45) is 0 Å². The number of hydrogen-bond donors (Lipinski definition) is 0. The molecule has 0 saturated carbocycles. The zero-order chi connectivity index (χ0) is 45.1. The van der Waals surface area contributed by atoms with Gasteiger partial charge in [-0.3, -0.25) is 0 Å². The number of hydrogen-bond acceptors (Lipinski definition) is 1. The molecule has 0 N–H and O–H groups in total. The van der Waals surface area contributed by atoms with Crippen molar-refractivity contribution in [3.63, 3.8) is 0 Å². The molecular weight excluding hydrogens is 797 g/mol. The van der Waals surface area contributed by atoms with Gasteiger partial charge in [0.2, 0.25) is 0 Å². The second kappa shape index (κ2) is 14.5. The molecule has 0 atom stereocenters. The fourth-order valence-corrected chi connectivity index (χ4v) is 11.9. The highest BCUT2D eigenvalue weighted by Gasteiger charge is 2.50. The molecule has 0 saturated heterocycles. The molecular formula is C64H54N2. The Kier molecular flexibility index (Phi) is 8.84. The molecule has 0 spiro atoms. The molecule has 1 aromatic heterocycles. The van der Waals surface area contributed by atoms with Gasteiger partial charge < -0.3 is 9.47 Å². The smallest absolute Gasteiger partial charge is 0.0556 e. The minimum absolute atomic E-state index is 0.144.